The van der Waals surface area contributed by atoms with E-state index in [9.17, 15) is 22.4 Å². The van der Waals surface area contributed by atoms with Crippen LogP contribution in [0.3, 0.4) is 0 Å². The second-order valence-electron chi connectivity index (χ2n) is 3.44. The third-order valence-electron chi connectivity index (χ3n) is 2.28. The van der Waals surface area contributed by atoms with Crippen molar-refractivity contribution in [3.63, 3.8) is 0 Å². The minimum Gasteiger partial charge on any atom is -0.298 e. The SMILES string of the molecule is CCC(=O)C(Br)Cc1c(F)c(F)cc(F)c1F. The first-order valence-corrected chi connectivity index (χ1v) is 5.78. The maximum Gasteiger partial charge on any atom is 0.165 e. The van der Waals surface area contributed by atoms with Crippen molar-refractivity contribution in [2.45, 2.75) is 24.6 Å². The Balaban J connectivity index is 3.10. The molecule has 1 atom stereocenters. The molecule has 1 rings (SSSR count). The Bertz CT molecular complexity index is 421. The molecule has 0 heterocycles. The van der Waals surface area contributed by atoms with E-state index in [1.165, 1.54) is 0 Å². The maximum atomic E-state index is 13.3. The van der Waals surface area contributed by atoms with Crippen LogP contribution >= 0.6 is 15.9 Å². The van der Waals surface area contributed by atoms with E-state index in [1.54, 1.807) is 6.92 Å². The van der Waals surface area contributed by atoms with Crippen molar-refractivity contribution in [1.29, 1.82) is 0 Å². The van der Waals surface area contributed by atoms with Gasteiger partial charge in [-0.05, 0) is 6.42 Å². The third kappa shape index (κ3) is 3.06. The van der Waals surface area contributed by atoms with Gasteiger partial charge in [0.1, 0.15) is 5.78 Å². The summed E-state index contributed by atoms with van der Waals surface area (Å²) in [4.78, 5) is 10.4. The number of hydrogen-bond acceptors (Lipinski definition) is 1. The van der Waals surface area contributed by atoms with Crippen LogP contribution in [-0.4, -0.2) is 10.6 Å². The lowest BCUT2D eigenvalue weighted by Gasteiger charge is -2.10. The summed E-state index contributed by atoms with van der Waals surface area (Å²) >= 11 is 2.93. The fraction of sp³-hybridized carbons (Fsp3) is 0.364. The Morgan fingerprint density at radius 2 is 1.71 bits per heavy atom. The van der Waals surface area contributed by atoms with Crippen LogP contribution in [0.15, 0.2) is 6.07 Å². The number of carbonyl (C=O) groups excluding carboxylic acids is 1. The van der Waals surface area contributed by atoms with E-state index < -0.39 is 40.1 Å². The number of benzene rings is 1. The van der Waals surface area contributed by atoms with Crippen molar-refractivity contribution in [3.05, 3.63) is 34.9 Å². The average molecular weight is 313 g/mol. The first-order valence-electron chi connectivity index (χ1n) is 4.87. The molecule has 0 aliphatic rings. The Hall–Kier alpha value is -0.910. The maximum absolute atomic E-state index is 13.3. The zero-order valence-electron chi connectivity index (χ0n) is 8.87. The Morgan fingerprint density at radius 3 is 2.12 bits per heavy atom. The summed E-state index contributed by atoms with van der Waals surface area (Å²) in [5.41, 5.74) is -0.758. The van der Waals surface area contributed by atoms with E-state index in [0.29, 0.717) is 0 Å². The van der Waals surface area contributed by atoms with Gasteiger partial charge in [-0.3, -0.25) is 4.79 Å². The Kier molecular flexibility index (Phi) is 4.68. The molecule has 0 fully saturated rings. The van der Waals surface area contributed by atoms with E-state index >= 15 is 0 Å². The standard InChI is InChI=1S/C11H9BrF4O/c1-2-9(17)6(12)3-5-10(15)7(13)4-8(14)11(5)16/h4,6H,2-3H2,1H3. The number of alkyl halides is 1. The first-order chi connectivity index (χ1) is 7.88. The van der Waals surface area contributed by atoms with E-state index in [4.69, 9.17) is 0 Å². The zero-order chi connectivity index (χ0) is 13.2. The van der Waals surface area contributed by atoms with Gasteiger partial charge in [-0.15, -0.1) is 0 Å². The van der Waals surface area contributed by atoms with Crippen molar-refractivity contribution in [1.82, 2.24) is 0 Å². The number of halogens is 5. The molecule has 1 unspecified atom stereocenters. The Morgan fingerprint density at radius 1 is 1.24 bits per heavy atom. The topological polar surface area (TPSA) is 17.1 Å². The molecule has 0 N–H and O–H groups in total. The summed E-state index contributed by atoms with van der Waals surface area (Å²) in [6.45, 7) is 1.58. The van der Waals surface area contributed by atoms with Crippen LogP contribution < -0.4 is 0 Å². The highest BCUT2D eigenvalue weighted by Gasteiger charge is 2.23. The molecule has 1 aromatic carbocycles. The molecule has 0 saturated carbocycles. The highest BCUT2D eigenvalue weighted by molar-refractivity contribution is 9.10. The summed E-state index contributed by atoms with van der Waals surface area (Å²) in [7, 11) is 0. The average Bonchev–Trinajstić information content (AvgIpc) is 2.30. The molecule has 0 bridgehead atoms. The highest BCUT2D eigenvalue weighted by Crippen LogP contribution is 2.23. The summed E-state index contributed by atoms with van der Waals surface area (Å²) < 4.78 is 52.3. The van der Waals surface area contributed by atoms with Gasteiger partial charge in [-0.25, -0.2) is 17.6 Å². The molecule has 0 aliphatic heterocycles. The summed E-state index contributed by atoms with van der Waals surface area (Å²) in [5, 5.41) is 0. The van der Waals surface area contributed by atoms with Crippen molar-refractivity contribution in [2.75, 3.05) is 0 Å². The molecule has 0 aliphatic carbocycles. The molecule has 0 radical (unpaired) electrons. The molecule has 1 nitrogen and oxygen atoms in total. The number of hydrogen-bond donors (Lipinski definition) is 0. The van der Waals surface area contributed by atoms with Gasteiger partial charge in [0, 0.05) is 18.1 Å². The van der Waals surface area contributed by atoms with E-state index in [-0.39, 0.29) is 18.3 Å². The van der Waals surface area contributed by atoms with Gasteiger partial charge >= 0.3 is 0 Å². The van der Waals surface area contributed by atoms with Crippen LogP contribution in [0.1, 0.15) is 18.9 Å². The summed E-state index contributed by atoms with van der Waals surface area (Å²) in [5.74, 6) is -6.16. The second kappa shape index (κ2) is 5.62. The van der Waals surface area contributed by atoms with Crippen molar-refractivity contribution >= 4 is 21.7 Å². The van der Waals surface area contributed by atoms with Gasteiger partial charge in [0.15, 0.2) is 23.3 Å². The van der Waals surface area contributed by atoms with Crippen molar-refractivity contribution in [2.24, 2.45) is 0 Å². The lowest BCUT2D eigenvalue weighted by molar-refractivity contribution is -0.118. The molecular formula is C11H9BrF4O. The predicted octanol–water partition coefficient (Wildman–Crippen LogP) is 3.53. The lowest BCUT2D eigenvalue weighted by atomic mass is 10.0. The fourth-order valence-electron chi connectivity index (χ4n) is 1.32. The molecule has 0 spiro atoms. The number of Topliss-reactive ketones (excluding diaryl/α,β-unsaturated/α-hetero) is 1. The fourth-order valence-corrected chi connectivity index (χ4v) is 1.96. The van der Waals surface area contributed by atoms with Crippen LogP contribution in [0.25, 0.3) is 0 Å². The number of ketones is 1. The summed E-state index contributed by atoms with van der Waals surface area (Å²) in [6, 6.07) is 0.138. The van der Waals surface area contributed by atoms with Crippen LogP contribution in [-0.2, 0) is 11.2 Å². The second-order valence-corrected chi connectivity index (χ2v) is 4.54. The molecule has 17 heavy (non-hydrogen) atoms. The van der Waals surface area contributed by atoms with Gasteiger partial charge in [0.05, 0.1) is 4.83 Å². The van der Waals surface area contributed by atoms with Crippen LogP contribution in [0.4, 0.5) is 17.6 Å². The highest BCUT2D eigenvalue weighted by atomic mass is 79.9. The van der Waals surface area contributed by atoms with Gasteiger partial charge in [-0.2, -0.15) is 0 Å². The molecule has 6 heteroatoms. The quantitative estimate of drug-likeness (QED) is 0.472. The largest absolute Gasteiger partial charge is 0.298 e. The van der Waals surface area contributed by atoms with Crippen molar-refractivity contribution in [3.8, 4) is 0 Å². The van der Waals surface area contributed by atoms with Crippen LogP contribution in [0.5, 0.6) is 0 Å². The third-order valence-corrected chi connectivity index (χ3v) is 3.12. The van der Waals surface area contributed by atoms with Crippen LogP contribution in [0, 0.1) is 23.3 Å². The predicted molar refractivity (Wildman–Crippen MR) is 58.0 cm³/mol. The minimum absolute atomic E-state index is 0.138. The molecular weight excluding hydrogens is 304 g/mol. The molecule has 94 valence electrons. The molecule has 0 amide bonds. The Labute approximate surface area is 104 Å². The molecule has 1 aromatic rings. The van der Waals surface area contributed by atoms with E-state index in [1.807, 2.05) is 0 Å². The molecule has 0 aromatic heterocycles. The smallest absolute Gasteiger partial charge is 0.165 e. The minimum atomic E-state index is -1.47. The first kappa shape index (κ1) is 14.2. The van der Waals surface area contributed by atoms with Crippen molar-refractivity contribution < 1.29 is 22.4 Å². The summed E-state index contributed by atoms with van der Waals surface area (Å²) in [6.07, 6.45) is -0.268. The number of rotatable bonds is 4. The number of carbonyl (C=O) groups is 1. The normalized spacial score (nSPS) is 12.6. The van der Waals surface area contributed by atoms with Gasteiger partial charge in [0.25, 0.3) is 0 Å². The monoisotopic (exact) mass is 312 g/mol. The van der Waals surface area contributed by atoms with E-state index in [2.05, 4.69) is 15.9 Å². The molecule has 0 saturated heterocycles. The van der Waals surface area contributed by atoms with Gasteiger partial charge in [0.2, 0.25) is 0 Å². The van der Waals surface area contributed by atoms with Gasteiger partial charge in [-0.1, -0.05) is 22.9 Å². The van der Waals surface area contributed by atoms with Gasteiger partial charge < -0.3 is 0 Å². The lowest BCUT2D eigenvalue weighted by Crippen LogP contribution is -2.18. The van der Waals surface area contributed by atoms with E-state index in [0.717, 1.165) is 0 Å². The zero-order valence-corrected chi connectivity index (χ0v) is 10.5. The van der Waals surface area contributed by atoms with Crippen LogP contribution in [0.2, 0.25) is 0 Å².